The Kier molecular flexibility index (Phi) is 5.58. The quantitative estimate of drug-likeness (QED) is 0.501. The smallest absolute Gasteiger partial charge is 0.368 e. The van der Waals surface area contributed by atoms with Crippen molar-refractivity contribution in [3.63, 3.8) is 0 Å². The van der Waals surface area contributed by atoms with Crippen LogP contribution in [0.5, 0.6) is 0 Å². The fourth-order valence-corrected chi connectivity index (χ4v) is 3.01. The van der Waals surface area contributed by atoms with Crippen LogP contribution < -0.4 is 4.72 Å². The first kappa shape index (κ1) is 13.8. The number of quaternary nitrogens is 1. The van der Waals surface area contributed by atoms with Crippen molar-refractivity contribution in [2.75, 3.05) is 33.5 Å². The van der Waals surface area contributed by atoms with Gasteiger partial charge in [0.25, 0.3) is 0 Å². The lowest BCUT2D eigenvalue weighted by atomic mass is 10.5. The van der Waals surface area contributed by atoms with Crippen LogP contribution in [0.15, 0.2) is 0 Å². The Morgan fingerprint density at radius 2 is 1.57 bits per heavy atom. The molecule has 0 aliphatic carbocycles. The molecule has 0 radical (unpaired) electrons. The van der Waals surface area contributed by atoms with Crippen LogP contribution in [0, 0.1) is 0 Å². The number of nitrogens with zero attached hydrogens (tertiary/aromatic N) is 1. The average Bonchev–Trinajstić information content (AvgIpc) is 2.18. The zero-order valence-electron chi connectivity index (χ0n) is 9.41. The molecule has 0 saturated heterocycles. The maximum atomic E-state index is 11.9. The zero-order chi connectivity index (χ0) is 11.2. The molecule has 0 heterocycles. The molecule has 0 aromatic heterocycles. The van der Waals surface area contributed by atoms with E-state index in [-0.39, 0.29) is 10.6 Å². The lowest BCUT2D eigenvalue weighted by Gasteiger charge is -2.33. The van der Waals surface area contributed by atoms with Crippen LogP contribution in [-0.2, 0) is 14.9 Å². The average molecular weight is 225 g/mol. The molecule has 5 nitrogen and oxygen atoms in total. The lowest BCUT2D eigenvalue weighted by Crippen LogP contribution is -2.57. The van der Waals surface area contributed by atoms with Crippen LogP contribution in [-0.4, -0.2) is 45.8 Å². The predicted molar refractivity (Wildman–Crippen MR) is 55.8 cm³/mol. The molecule has 0 spiro atoms. The number of nitrogens with one attached hydrogen (secondary N) is 1. The molecule has 0 bridgehead atoms. The summed E-state index contributed by atoms with van der Waals surface area (Å²) in [5, 5.41) is 0. The van der Waals surface area contributed by atoms with Gasteiger partial charge in [0.05, 0.1) is 19.6 Å². The van der Waals surface area contributed by atoms with Gasteiger partial charge in [0, 0.05) is 7.11 Å². The number of rotatable bonds is 7. The highest BCUT2D eigenvalue weighted by atomic mass is 32.2. The lowest BCUT2D eigenvalue weighted by molar-refractivity contribution is -0.801. The van der Waals surface area contributed by atoms with Gasteiger partial charge >= 0.3 is 10.2 Å². The Balaban J connectivity index is 4.80. The summed E-state index contributed by atoms with van der Waals surface area (Å²) in [5.41, 5.74) is 0. The van der Waals surface area contributed by atoms with E-state index in [2.05, 4.69) is 4.72 Å². The van der Waals surface area contributed by atoms with Crippen molar-refractivity contribution in [1.29, 1.82) is 0 Å². The maximum Gasteiger partial charge on any atom is 0.372 e. The summed E-state index contributed by atoms with van der Waals surface area (Å²) >= 11 is 0. The van der Waals surface area contributed by atoms with Crippen LogP contribution in [0.1, 0.15) is 20.8 Å². The van der Waals surface area contributed by atoms with Gasteiger partial charge in [-0.3, -0.25) is 0 Å². The summed E-state index contributed by atoms with van der Waals surface area (Å²) < 4.78 is 31.0. The zero-order valence-corrected chi connectivity index (χ0v) is 10.2. The first-order valence-electron chi connectivity index (χ1n) is 4.84. The minimum absolute atomic E-state index is 0.0301. The van der Waals surface area contributed by atoms with E-state index in [0.29, 0.717) is 19.6 Å². The van der Waals surface area contributed by atoms with Gasteiger partial charge in [-0.2, -0.15) is 8.42 Å². The molecule has 0 atom stereocenters. The number of ether oxygens (including phenoxy) is 1. The van der Waals surface area contributed by atoms with Gasteiger partial charge in [-0.15, -0.1) is 4.72 Å². The van der Waals surface area contributed by atoms with Gasteiger partial charge in [-0.05, 0) is 20.8 Å². The summed E-state index contributed by atoms with van der Waals surface area (Å²) in [6.07, 6.45) is 0. The second-order valence-corrected chi connectivity index (χ2v) is 5.07. The summed E-state index contributed by atoms with van der Waals surface area (Å²) in [6, 6.07) is 0. The van der Waals surface area contributed by atoms with Gasteiger partial charge < -0.3 is 4.74 Å². The van der Waals surface area contributed by atoms with Crippen molar-refractivity contribution >= 4 is 10.2 Å². The van der Waals surface area contributed by atoms with Gasteiger partial charge in [0.2, 0.25) is 0 Å². The molecule has 0 fully saturated rings. The van der Waals surface area contributed by atoms with Gasteiger partial charge in [-0.1, -0.05) is 0 Å². The fraction of sp³-hybridized carbons (Fsp3) is 1.00. The molecule has 0 saturated carbocycles. The molecule has 0 amide bonds. The van der Waals surface area contributed by atoms with Gasteiger partial charge in [0.1, 0.15) is 6.73 Å². The first-order chi connectivity index (χ1) is 6.49. The predicted octanol–water partition coefficient (Wildman–Crippen LogP) is 0.301. The monoisotopic (exact) mass is 225 g/mol. The Morgan fingerprint density at radius 3 is 1.86 bits per heavy atom. The Hall–Kier alpha value is -0.170. The van der Waals surface area contributed by atoms with Gasteiger partial charge in [-0.25, -0.2) is 3.89 Å². The van der Waals surface area contributed by atoms with Crippen LogP contribution in [0.4, 0.5) is 0 Å². The minimum atomic E-state index is -3.33. The molecule has 0 aliphatic rings. The molecular formula is C8H21N2O3S+. The minimum Gasteiger partial charge on any atom is -0.368 e. The summed E-state index contributed by atoms with van der Waals surface area (Å²) in [4.78, 5) is 0. The van der Waals surface area contributed by atoms with E-state index in [9.17, 15) is 8.42 Å². The van der Waals surface area contributed by atoms with Crippen LogP contribution in [0.25, 0.3) is 0 Å². The Labute approximate surface area is 86.8 Å². The number of hydrogen-bond acceptors (Lipinski definition) is 3. The highest BCUT2D eigenvalue weighted by molar-refractivity contribution is 7.83. The van der Waals surface area contributed by atoms with E-state index in [1.165, 1.54) is 7.11 Å². The third kappa shape index (κ3) is 2.66. The largest absolute Gasteiger partial charge is 0.372 e. The van der Waals surface area contributed by atoms with Crippen molar-refractivity contribution in [3.05, 3.63) is 0 Å². The molecule has 86 valence electrons. The third-order valence-electron chi connectivity index (χ3n) is 2.62. The number of hydrogen-bond donors (Lipinski definition) is 1. The SMILES string of the molecule is CC[N+](CC)(CC)S(=O)(=O)NCOC. The molecule has 1 N–H and O–H groups in total. The van der Waals surface area contributed by atoms with Crippen molar-refractivity contribution in [2.45, 2.75) is 20.8 Å². The molecule has 14 heavy (non-hydrogen) atoms. The molecule has 0 rings (SSSR count). The molecular weight excluding hydrogens is 204 g/mol. The van der Waals surface area contributed by atoms with E-state index in [0.717, 1.165) is 0 Å². The highest BCUT2D eigenvalue weighted by Gasteiger charge is 2.36. The molecule has 6 heteroatoms. The Morgan fingerprint density at radius 1 is 1.14 bits per heavy atom. The van der Waals surface area contributed by atoms with Crippen molar-refractivity contribution < 1.29 is 17.0 Å². The standard InChI is InChI=1S/C8H21N2O3S/c1-5-10(6-2,7-3)14(11,12)9-8-13-4/h9H,5-8H2,1-4H3/q+1. The van der Waals surface area contributed by atoms with E-state index in [1.54, 1.807) is 0 Å². The first-order valence-corrected chi connectivity index (χ1v) is 6.28. The van der Waals surface area contributed by atoms with Crippen LogP contribution in [0.3, 0.4) is 0 Å². The second-order valence-electron chi connectivity index (χ2n) is 3.06. The summed E-state index contributed by atoms with van der Waals surface area (Å²) in [7, 11) is -1.87. The van der Waals surface area contributed by atoms with E-state index in [1.807, 2.05) is 20.8 Å². The molecule has 0 unspecified atom stereocenters. The topological polar surface area (TPSA) is 55.4 Å². The van der Waals surface area contributed by atoms with Crippen LogP contribution >= 0.6 is 0 Å². The van der Waals surface area contributed by atoms with Gasteiger partial charge in [0.15, 0.2) is 0 Å². The second kappa shape index (κ2) is 5.65. The van der Waals surface area contributed by atoms with Crippen molar-refractivity contribution in [1.82, 2.24) is 4.72 Å². The van der Waals surface area contributed by atoms with Crippen molar-refractivity contribution in [2.24, 2.45) is 0 Å². The molecule has 0 aliphatic heterocycles. The third-order valence-corrected chi connectivity index (χ3v) is 4.90. The van der Waals surface area contributed by atoms with Crippen LogP contribution in [0.2, 0.25) is 0 Å². The Bertz CT molecular complexity index is 239. The normalized spacial score (nSPS) is 13.1. The number of methoxy groups -OCH3 is 1. The summed E-state index contributed by atoms with van der Waals surface area (Å²) in [6.45, 7) is 7.34. The maximum absolute atomic E-state index is 11.9. The summed E-state index contributed by atoms with van der Waals surface area (Å²) in [5.74, 6) is 0. The van der Waals surface area contributed by atoms with E-state index >= 15 is 0 Å². The fourth-order valence-electron chi connectivity index (χ4n) is 1.45. The molecule has 0 aromatic rings. The molecule has 0 aromatic carbocycles. The highest BCUT2D eigenvalue weighted by Crippen LogP contribution is 2.12. The van der Waals surface area contributed by atoms with E-state index in [4.69, 9.17) is 4.74 Å². The van der Waals surface area contributed by atoms with Crippen molar-refractivity contribution in [3.8, 4) is 0 Å². The van der Waals surface area contributed by atoms with E-state index < -0.39 is 10.2 Å².